The fourth-order valence-corrected chi connectivity index (χ4v) is 2.42. The number of rotatable bonds is 3. The van der Waals surface area contributed by atoms with Gasteiger partial charge in [-0.25, -0.2) is 9.37 Å². The van der Waals surface area contributed by atoms with Crippen molar-refractivity contribution in [2.45, 2.75) is 18.8 Å². The van der Waals surface area contributed by atoms with E-state index in [0.29, 0.717) is 11.0 Å². The zero-order chi connectivity index (χ0) is 12.5. The summed E-state index contributed by atoms with van der Waals surface area (Å²) in [5.74, 6) is -0.579. The van der Waals surface area contributed by atoms with Gasteiger partial charge in [0.2, 0.25) is 0 Å². The van der Waals surface area contributed by atoms with Crippen LogP contribution >= 0.6 is 11.3 Å². The van der Waals surface area contributed by atoms with Crippen LogP contribution in [-0.4, -0.2) is 15.9 Å². The predicted octanol–water partition coefficient (Wildman–Crippen LogP) is 2.81. The zero-order valence-corrected chi connectivity index (χ0v) is 10.2. The highest BCUT2D eigenvalue weighted by Gasteiger charge is 2.26. The highest BCUT2D eigenvalue weighted by molar-refractivity contribution is 7.14. The van der Waals surface area contributed by atoms with E-state index in [1.165, 1.54) is 23.6 Å². The summed E-state index contributed by atoms with van der Waals surface area (Å²) in [6, 6.07) is 1.35. The van der Waals surface area contributed by atoms with E-state index in [2.05, 4.69) is 15.3 Å². The smallest absolute Gasteiger partial charge is 0.260 e. The fourth-order valence-electron chi connectivity index (χ4n) is 1.63. The summed E-state index contributed by atoms with van der Waals surface area (Å²) in [6.07, 6.45) is 4.73. The van der Waals surface area contributed by atoms with Gasteiger partial charge in [0.05, 0.1) is 17.5 Å². The van der Waals surface area contributed by atoms with Crippen molar-refractivity contribution in [3.05, 3.63) is 40.9 Å². The maximum absolute atomic E-state index is 13.3. The van der Waals surface area contributed by atoms with Crippen LogP contribution in [-0.2, 0) is 0 Å². The molecule has 0 unspecified atom stereocenters. The van der Waals surface area contributed by atoms with Gasteiger partial charge in [-0.2, -0.15) is 0 Å². The molecule has 0 radical (unpaired) electrons. The van der Waals surface area contributed by atoms with E-state index in [1.807, 2.05) is 5.38 Å². The molecule has 0 aromatic carbocycles. The van der Waals surface area contributed by atoms with E-state index in [0.717, 1.165) is 24.7 Å². The average Bonchev–Trinajstić information content (AvgIpc) is 3.11. The number of aromatic nitrogens is 2. The first-order valence-electron chi connectivity index (χ1n) is 5.60. The molecule has 2 aromatic heterocycles. The van der Waals surface area contributed by atoms with Gasteiger partial charge in [0.15, 0.2) is 10.9 Å². The standard InChI is InChI=1S/C12H10FN3OS/c13-9-5-14-4-3-8(9)11(17)16-12-15-10(6-18-12)7-1-2-7/h3-7H,1-2H2,(H,15,16,17). The van der Waals surface area contributed by atoms with Crippen LogP contribution in [0.2, 0.25) is 0 Å². The Morgan fingerprint density at radius 2 is 2.33 bits per heavy atom. The Balaban J connectivity index is 1.75. The van der Waals surface area contributed by atoms with E-state index in [1.54, 1.807) is 0 Å². The van der Waals surface area contributed by atoms with Crippen LogP contribution < -0.4 is 5.32 Å². The number of carbonyl (C=O) groups excluding carboxylic acids is 1. The van der Waals surface area contributed by atoms with Gasteiger partial charge in [0.25, 0.3) is 5.91 Å². The number of hydrogen-bond acceptors (Lipinski definition) is 4. The highest BCUT2D eigenvalue weighted by atomic mass is 32.1. The summed E-state index contributed by atoms with van der Waals surface area (Å²) in [5, 5.41) is 5.06. The van der Waals surface area contributed by atoms with Crippen LogP contribution in [0.15, 0.2) is 23.8 Å². The van der Waals surface area contributed by atoms with Gasteiger partial charge in [-0.15, -0.1) is 11.3 Å². The molecule has 0 spiro atoms. The van der Waals surface area contributed by atoms with Crippen molar-refractivity contribution in [2.24, 2.45) is 0 Å². The Kier molecular flexibility index (Phi) is 2.79. The van der Waals surface area contributed by atoms with Crippen molar-refractivity contribution in [2.75, 3.05) is 5.32 Å². The van der Waals surface area contributed by atoms with Crippen LogP contribution in [0.3, 0.4) is 0 Å². The summed E-state index contributed by atoms with van der Waals surface area (Å²) >= 11 is 1.37. The molecule has 6 heteroatoms. The van der Waals surface area contributed by atoms with Crippen molar-refractivity contribution < 1.29 is 9.18 Å². The van der Waals surface area contributed by atoms with Gasteiger partial charge in [-0.05, 0) is 18.9 Å². The number of pyridine rings is 1. The molecule has 1 aliphatic rings. The topological polar surface area (TPSA) is 54.9 Å². The van der Waals surface area contributed by atoms with E-state index in [4.69, 9.17) is 0 Å². The summed E-state index contributed by atoms with van der Waals surface area (Å²) in [6.45, 7) is 0. The van der Waals surface area contributed by atoms with Crippen LogP contribution in [0.25, 0.3) is 0 Å². The summed E-state index contributed by atoms with van der Waals surface area (Å²) in [4.78, 5) is 19.7. The van der Waals surface area contributed by atoms with Gasteiger partial charge in [-0.3, -0.25) is 15.1 Å². The largest absolute Gasteiger partial charge is 0.298 e. The number of nitrogens with one attached hydrogen (secondary N) is 1. The molecule has 3 rings (SSSR count). The Morgan fingerprint density at radius 3 is 3.06 bits per heavy atom. The van der Waals surface area contributed by atoms with E-state index >= 15 is 0 Å². The van der Waals surface area contributed by atoms with Crippen molar-refractivity contribution >= 4 is 22.4 Å². The quantitative estimate of drug-likeness (QED) is 0.926. The van der Waals surface area contributed by atoms with Crippen LogP contribution in [0.1, 0.15) is 34.8 Å². The molecule has 0 aliphatic heterocycles. The third kappa shape index (κ3) is 2.24. The van der Waals surface area contributed by atoms with E-state index in [-0.39, 0.29) is 5.56 Å². The molecule has 1 saturated carbocycles. The lowest BCUT2D eigenvalue weighted by Crippen LogP contribution is -2.13. The number of anilines is 1. The lowest BCUT2D eigenvalue weighted by Gasteiger charge is -2.01. The number of nitrogens with zero attached hydrogens (tertiary/aromatic N) is 2. The molecule has 2 heterocycles. The number of halogens is 1. The van der Waals surface area contributed by atoms with E-state index in [9.17, 15) is 9.18 Å². The second kappa shape index (κ2) is 4.45. The van der Waals surface area contributed by atoms with Crippen LogP contribution in [0.5, 0.6) is 0 Å². The van der Waals surface area contributed by atoms with Gasteiger partial charge < -0.3 is 0 Å². The van der Waals surface area contributed by atoms with Crippen molar-refractivity contribution in [1.29, 1.82) is 0 Å². The monoisotopic (exact) mass is 263 g/mol. The maximum atomic E-state index is 13.3. The second-order valence-corrected chi connectivity index (χ2v) is 5.02. The summed E-state index contributed by atoms with van der Waals surface area (Å²) in [5.41, 5.74) is 0.999. The molecule has 0 bridgehead atoms. The fraction of sp³-hybridized carbons (Fsp3) is 0.250. The molecule has 1 aliphatic carbocycles. The second-order valence-electron chi connectivity index (χ2n) is 4.16. The van der Waals surface area contributed by atoms with Crippen molar-refractivity contribution in [3.8, 4) is 0 Å². The number of thiazole rings is 1. The summed E-state index contributed by atoms with van der Waals surface area (Å²) in [7, 11) is 0. The zero-order valence-electron chi connectivity index (χ0n) is 9.39. The Morgan fingerprint density at radius 1 is 1.50 bits per heavy atom. The van der Waals surface area contributed by atoms with Crippen molar-refractivity contribution in [1.82, 2.24) is 9.97 Å². The van der Waals surface area contributed by atoms with Crippen molar-refractivity contribution in [3.63, 3.8) is 0 Å². The minimum Gasteiger partial charge on any atom is -0.298 e. The number of carbonyl (C=O) groups is 1. The van der Waals surface area contributed by atoms with Gasteiger partial charge in [-0.1, -0.05) is 0 Å². The molecule has 1 fully saturated rings. The van der Waals surface area contributed by atoms with E-state index < -0.39 is 11.7 Å². The van der Waals surface area contributed by atoms with Crippen LogP contribution in [0.4, 0.5) is 9.52 Å². The minimum absolute atomic E-state index is 0.0202. The lowest BCUT2D eigenvalue weighted by atomic mass is 10.2. The molecule has 1 amide bonds. The Hall–Kier alpha value is -1.82. The maximum Gasteiger partial charge on any atom is 0.260 e. The molecule has 0 saturated heterocycles. The third-order valence-electron chi connectivity index (χ3n) is 2.76. The molecular weight excluding hydrogens is 253 g/mol. The molecule has 4 nitrogen and oxygen atoms in total. The normalized spacial score (nSPS) is 14.5. The first kappa shape index (κ1) is 11.3. The third-order valence-corrected chi connectivity index (χ3v) is 3.53. The molecule has 2 aromatic rings. The highest BCUT2D eigenvalue weighted by Crippen LogP contribution is 2.40. The lowest BCUT2D eigenvalue weighted by molar-refractivity contribution is 0.102. The first-order valence-corrected chi connectivity index (χ1v) is 6.48. The van der Waals surface area contributed by atoms with Gasteiger partial charge in [0, 0.05) is 17.5 Å². The Bertz CT molecular complexity index is 595. The Labute approximate surface area is 107 Å². The molecule has 18 heavy (non-hydrogen) atoms. The SMILES string of the molecule is O=C(Nc1nc(C2CC2)cs1)c1ccncc1F. The van der Waals surface area contributed by atoms with Gasteiger partial charge >= 0.3 is 0 Å². The first-order chi connectivity index (χ1) is 8.74. The summed E-state index contributed by atoms with van der Waals surface area (Å²) < 4.78 is 13.3. The average molecular weight is 263 g/mol. The molecule has 92 valence electrons. The predicted molar refractivity (Wildman–Crippen MR) is 66.2 cm³/mol. The minimum atomic E-state index is -0.631. The van der Waals surface area contributed by atoms with Gasteiger partial charge in [0.1, 0.15) is 0 Å². The number of hydrogen-bond donors (Lipinski definition) is 1. The van der Waals surface area contributed by atoms with Crippen LogP contribution in [0, 0.1) is 5.82 Å². The molecular formula is C12H10FN3OS. The number of amides is 1. The molecule has 0 atom stereocenters. The molecule has 1 N–H and O–H groups in total.